The molecule has 0 aliphatic carbocycles. The molecule has 2 aliphatic rings. The van der Waals surface area contributed by atoms with Crippen LogP contribution in [0, 0.1) is 5.92 Å². The standard InChI is InChI=1S/C17H21ClF3N3O2/c1-11-10-24(6-7-26-11)16(25)12-2-4-23(5-3-12)15-14(18)8-13(9-22-15)17(19,20)21/h8-9,11-12H,2-7,10H2,1H3. The molecule has 1 aromatic rings. The predicted molar refractivity (Wildman–Crippen MR) is 91.2 cm³/mol. The average molecular weight is 392 g/mol. The van der Waals surface area contributed by atoms with E-state index in [4.69, 9.17) is 16.3 Å². The number of hydrogen-bond donors (Lipinski definition) is 0. The summed E-state index contributed by atoms with van der Waals surface area (Å²) in [5.74, 6) is 0.390. The van der Waals surface area contributed by atoms with Crippen LogP contribution in [0.3, 0.4) is 0 Å². The number of rotatable bonds is 2. The molecule has 2 fully saturated rings. The van der Waals surface area contributed by atoms with Crippen molar-refractivity contribution in [1.82, 2.24) is 9.88 Å². The minimum atomic E-state index is -4.47. The van der Waals surface area contributed by atoms with Crippen LogP contribution in [-0.2, 0) is 15.7 Å². The molecule has 2 aliphatic heterocycles. The number of hydrogen-bond acceptors (Lipinski definition) is 4. The number of piperidine rings is 1. The second kappa shape index (κ2) is 7.60. The van der Waals surface area contributed by atoms with Gasteiger partial charge in [0.25, 0.3) is 0 Å². The molecular formula is C17H21ClF3N3O2. The van der Waals surface area contributed by atoms with Crippen molar-refractivity contribution in [1.29, 1.82) is 0 Å². The lowest BCUT2D eigenvalue weighted by Crippen LogP contribution is -2.49. The summed E-state index contributed by atoms with van der Waals surface area (Å²) in [4.78, 5) is 20.2. The highest BCUT2D eigenvalue weighted by Crippen LogP contribution is 2.34. The molecule has 0 radical (unpaired) electrons. The molecule has 0 saturated carbocycles. The first-order chi connectivity index (χ1) is 12.3. The Morgan fingerprint density at radius 1 is 1.31 bits per heavy atom. The van der Waals surface area contributed by atoms with Crippen LogP contribution >= 0.6 is 11.6 Å². The second-order valence-corrected chi connectivity index (χ2v) is 7.16. The number of pyridine rings is 1. The van der Waals surface area contributed by atoms with Crippen LogP contribution in [0.2, 0.25) is 5.02 Å². The molecule has 0 N–H and O–H groups in total. The van der Waals surface area contributed by atoms with Gasteiger partial charge in [-0.15, -0.1) is 0 Å². The molecular weight excluding hydrogens is 371 g/mol. The van der Waals surface area contributed by atoms with Gasteiger partial charge in [0.2, 0.25) is 5.91 Å². The zero-order valence-electron chi connectivity index (χ0n) is 14.4. The van der Waals surface area contributed by atoms with Crippen molar-refractivity contribution in [3.8, 4) is 0 Å². The summed E-state index contributed by atoms with van der Waals surface area (Å²) in [7, 11) is 0. The fourth-order valence-corrected chi connectivity index (χ4v) is 3.72. The van der Waals surface area contributed by atoms with Crippen LogP contribution in [0.25, 0.3) is 0 Å². The summed E-state index contributed by atoms with van der Waals surface area (Å²) < 4.78 is 43.6. The number of carbonyl (C=O) groups excluding carboxylic acids is 1. The molecule has 1 aromatic heterocycles. The van der Waals surface area contributed by atoms with E-state index in [9.17, 15) is 18.0 Å². The minimum Gasteiger partial charge on any atom is -0.375 e. The summed E-state index contributed by atoms with van der Waals surface area (Å²) in [5, 5.41) is -0.0217. The third kappa shape index (κ3) is 4.23. The molecule has 1 unspecified atom stereocenters. The predicted octanol–water partition coefficient (Wildman–Crippen LogP) is 3.22. The maximum Gasteiger partial charge on any atom is 0.417 e. The monoisotopic (exact) mass is 391 g/mol. The molecule has 0 spiro atoms. The van der Waals surface area contributed by atoms with Crippen LogP contribution < -0.4 is 4.90 Å². The van der Waals surface area contributed by atoms with Gasteiger partial charge in [0.15, 0.2) is 0 Å². The Morgan fingerprint density at radius 3 is 2.58 bits per heavy atom. The van der Waals surface area contributed by atoms with Crippen molar-refractivity contribution < 1.29 is 22.7 Å². The lowest BCUT2D eigenvalue weighted by atomic mass is 9.95. The first-order valence-electron chi connectivity index (χ1n) is 8.64. The van der Waals surface area contributed by atoms with Gasteiger partial charge in [-0.1, -0.05) is 11.6 Å². The van der Waals surface area contributed by atoms with Crippen molar-refractivity contribution in [2.75, 3.05) is 37.7 Å². The average Bonchev–Trinajstić information content (AvgIpc) is 2.60. The Bertz CT molecular complexity index is 663. The second-order valence-electron chi connectivity index (χ2n) is 6.75. The van der Waals surface area contributed by atoms with Gasteiger partial charge in [-0.25, -0.2) is 4.98 Å². The minimum absolute atomic E-state index is 0.0217. The molecule has 1 atom stereocenters. The molecule has 0 bridgehead atoms. The fourth-order valence-electron chi connectivity index (χ4n) is 3.43. The first kappa shape index (κ1) is 19.2. The third-order valence-electron chi connectivity index (χ3n) is 4.85. The van der Waals surface area contributed by atoms with Gasteiger partial charge >= 0.3 is 6.18 Å². The number of amides is 1. The van der Waals surface area contributed by atoms with E-state index in [2.05, 4.69) is 4.98 Å². The molecule has 2 saturated heterocycles. The van der Waals surface area contributed by atoms with Crippen LogP contribution in [0.1, 0.15) is 25.3 Å². The van der Waals surface area contributed by atoms with Gasteiger partial charge in [0.05, 0.1) is 23.3 Å². The lowest BCUT2D eigenvalue weighted by molar-refractivity contribution is -0.143. The molecule has 9 heteroatoms. The molecule has 3 heterocycles. The number of alkyl halides is 3. The summed E-state index contributed by atoms with van der Waals surface area (Å²) in [6.07, 6.45) is -2.37. The molecule has 0 aromatic carbocycles. The molecule has 3 rings (SSSR count). The lowest BCUT2D eigenvalue weighted by Gasteiger charge is -2.37. The Kier molecular flexibility index (Phi) is 5.62. The fraction of sp³-hybridized carbons (Fsp3) is 0.647. The van der Waals surface area contributed by atoms with E-state index in [1.165, 1.54) is 0 Å². The highest BCUT2D eigenvalue weighted by atomic mass is 35.5. The summed E-state index contributed by atoms with van der Waals surface area (Å²) in [6.45, 7) is 4.78. The number of morpholine rings is 1. The Labute approximate surface area is 155 Å². The maximum absolute atomic E-state index is 12.7. The third-order valence-corrected chi connectivity index (χ3v) is 5.12. The molecule has 1 amide bonds. The van der Waals surface area contributed by atoms with Gasteiger partial charge in [0.1, 0.15) is 5.82 Å². The first-order valence-corrected chi connectivity index (χ1v) is 9.01. The van der Waals surface area contributed by atoms with Gasteiger partial charge in [-0.05, 0) is 25.8 Å². The van der Waals surface area contributed by atoms with E-state index in [0.29, 0.717) is 51.4 Å². The van der Waals surface area contributed by atoms with Crippen LogP contribution in [0.5, 0.6) is 0 Å². The zero-order chi connectivity index (χ0) is 18.9. The van der Waals surface area contributed by atoms with Crippen molar-refractivity contribution >= 4 is 23.3 Å². The quantitative estimate of drug-likeness (QED) is 0.776. The van der Waals surface area contributed by atoms with E-state index >= 15 is 0 Å². The Hall–Kier alpha value is -1.54. The van der Waals surface area contributed by atoms with E-state index in [1.54, 1.807) is 0 Å². The number of anilines is 1. The number of nitrogens with zero attached hydrogens (tertiary/aromatic N) is 3. The molecule has 26 heavy (non-hydrogen) atoms. The molecule has 5 nitrogen and oxygen atoms in total. The van der Waals surface area contributed by atoms with E-state index < -0.39 is 11.7 Å². The number of ether oxygens (including phenoxy) is 1. The number of halogens is 4. The van der Waals surface area contributed by atoms with Crippen LogP contribution in [-0.4, -0.2) is 54.7 Å². The van der Waals surface area contributed by atoms with Crippen molar-refractivity contribution in [2.24, 2.45) is 5.92 Å². The van der Waals surface area contributed by atoms with E-state index in [1.807, 2.05) is 16.7 Å². The number of aromatic nitrogens is 1. The van der Waals surface area contributed by atoms with Crippen LogP contribution in [0.15, 0.2) is 12.3 Å². The highest BCUT2D eigenvalue weighted by molar-refractivity contribution is 6.33. The van der Waals surface area contributed by atoms with Crippen molar-refractivity contribution in [2.45, 2.75) is 32.0 Å². The SMILES string of the molecule is CC1CN(C(=O)C2CCN(c3ncc(C(F)(F)F)cc3Cl)CC2)CCO1. The van der Waals surface area contributed by atoms with Gasteiger partial charge in [-0.2, -0.15) is 13.2 Å². The van der Waals surface area contributed by atoms with Gasteiger partial charge < -0.3 is 14.5 Å². The summed E-state index contributed by atoms with van der Waals surface area (Å²) in [5.41, 5.74) is -0.863. The summed E-state index contributed by atoms with van der Waals surface area (Å²) >= 11 is 6.01. The normalized spacial score (nSPS) is 22.6. The highest BCUT2D eigenvalue weighted by Gasteiger charge is 2.34. The molecule has 144 valence electrons. The Morgan fingerprint density at radius 2 is 2.00 bits per heavy atom. The van der Waals surface area contributed by atoms with Crippen molar-refractivity contribution in [3.05, 3.63) is 22.8 Å². The van der Waals surface area contributed by atoms with Crippen LogP contribution in [0.4, 0.5) is 19.0 Å². The van der Waals surface area contributed by atoms with E-state index in [0.717, 1.165) is 12.3 Å². The van der Waals surface area contributed by atoms with Gasteiger partial charge in [0, 0.05) is 38.3 Å². The zero-order valence-corrected chi connectivity index (χ0v) is 15.2. The van der Waals surface area contributed by atoms with Crippen molar-refractivity contribution in [3.63, 3.8) is 0 Å². The summed E-state index contributed by atoms with van der Waals surface area (Å²) in [6, 6.07) is 0.899. The smallest absolute Gasteiger partial charge is 0.375 e. The largest absolute Gasteiger partial charge is 0.417 e. The topological polar surface area (TPSA) is 45.7 Å². The number of carbonyl (C=O) groups is 1. The van der Waals surface area contributed by atoms with E-state index in [-0.39, 0.29) is 23.0 Å². The Balaban J connectivity index is 1.61. The maximum atomic E-state index is 12.7. The van der Waals surface area contributed by atoms with Gasteiger partial charge in [-0.3, -0.25) is 4.79 Å².